The molecule has 25 heavy (non-hydrogen) atoms. The van der Waals surface area contributed by atoms with E-state index in [1.165, 1.54) is 11.0 Å². The molecule has 1 atom stereocenters. The lowest BCUT2D eigenvalue weighted by atomic mass is 10.1. The van der Waals surface area contributed by atoms with Gasteiger partial charge in [-0.15, -0.1) is 0 Å². The summed E-state index contributed by atoms with van der Waals surface area (Å²) in [7, 11) is 0. The standard InChI is InChI=1S/C16H16F2N6O/c17-14(18)11-8-25-6-5-24(11)13-7-12(19)22-16(23-13)10-2-4-21-15-9(10)1-3-20-15/h1-4,7,11,14H,5-6,8H2,(H,20,21)(H2,19,22,23). The third kappa shape index (κ3) is 2.86. The summed E-state index contributed by atoms with van der Waals surface area (Å²) in [6.45, 7) is 0.634. The van der Waals surface area contributed by atoms with Crippen molar-refractivity contribution in [2.45, 2.75) is 12.5 Å². The van der Waals surface area contributed by atoms with Gasteiger partial charge in [-0.05, 0) is 12.1 Å². The van der Waals surface area contributed by atoms with Crippen LogP contribution in [0.15, 0.2) is 30.6 Å². The van der Waals surface area contributed by atoms with Crippen LogP contribution in [0.3, 0.4) is 0 Å². The zero-order chi connectivity index (χ0) is 17.4. The van der Waals surface area contributed by atoms with Gasteiger partial charge in [-0.3, -0.25) is 0 Å². The Morgan fingerprint density at radius 1 is 1.32 bits per heavy atom. The number of H-pyrrole nitrogens is 1. The van der Waals surface area contributed by atoms with Gasteiger partial charge in [0.05, 0.1) is 13.2 Å². The summed E-state index contributed by atoms with van der Waals surface area (Å²) >= 11 is 0. The van der Waals surface area contributed by atoms with Crippen LogP contribution >= 0.6 is 0 Å². The summed E-state index contributed by atoms with van der Waals surface area (Å²) in [6.07, 6.45) is 0.859. The van der Waals surface area contributed by atoms with Crippen molar-refractivity contribution < 1.29 is 13.5 Å². The van der Waals surface area contributed by atoms with E-state index >= 15 is 0 Å². The molecule has 3 aromatic rings. The number of halogens is 2. The fourth-order valence-electron chi connectivity index (χ4n) is 2.99. The van der Waals surface area contributed by atoms with Crippen molar-refractivity contribution in [3.05, 3.63) is 30.6 Å². The van der Waals surface area contributed by atoms with Gasteiger partial charge in [0.1, 0.15) is 23.3 Å². The van der Waals surface area contributed by atoms with Crippen LogP contribution in [-0.4, -0.2) is 52.2 Å². The first-order chi connectivity index (χ1) is 12.1. The van der Waals surface area contributed by atoms with Gasteiger partial charge in [-0.25, -0.2) is 23.7 Å². The van der Waals surface area contributed by atoms with Crippen molar-refractivity contribution in [2.75, 3.05) is 30.4 Å². The van der Waals surface area contributed by atoms with Crippen molar-refractivity contribution >= 4 is 22.7 Å². The molecule has 130 valence electrons. The zero-order valence-electron chi connectivity index (χ0n) is 13.2. The van der Waals surface area contributed by atoms with Crippen LogP contribution in [0.25, 0.3) is 22.4 Å². The van der Waals surface area contributed by atoms with Gasteiger partial charge in [-0.1, -0.05) is 0 Å². The van der Waals surface area contributed by atoms with Crippen LogP contribution in [-0.2, 0) is 4.74 Å². The molecule has 7 nitrogen and oxygen atoms in total. The van der Waals surface area contributed by atoms with Gasteiger partial charge in [0.25, 0.3) is 6.43 Å². The van der Waals surface area contributed by atoms with Gasteiger partial charge >= 0.3 is 0 Å². The van der Waals surface area contributed by atoms with Gasteiger partial charge in [0, 0.05) is 36.0 Å². The number of hydrogen-bond acceptors (Lipinski definition) is 6. The summed E-state index contributed by atoms with van der Waals surface area (Å²) in [6, 6.07) is 4.10. The second-order valence-corrected chi connectivity index (χ2v) is 5.74. The molecule has 1 aliphatic heterocycles. The average molecular weight is 346 g/mol. The summed E-state index contributed by atoms with van der Waals surface area (Å²) < 4.78 is 31.9. The first kappa shape index (κ1) is 15.7. The lowest BCUT2D eigenvalue weighted by molar-refractivity contribution is 0.0203. The number of nitrogen functional groups attached to an aromatic ring is 1. The predicted molar refractivity (Wildman–Crippen MR) is 89.5 cm³/mol. The SMILES string of the molecule is Nc1cc(N2CCOCC2C(F)F)nc(-c2ccnc3[nH]ccc23)n1. The first-order valence-corrected chi connectivity index (χ1v) is 7.83. The molecule has 0 spiro atoms. The lowest BCUT2D eigenvalue weighted by Gasteiger charge is -2.36. The number of hydrogen-bond donors (Lipinski definition) is 2. The number of aromatic amines is 1. The highest BCUT2D eigenvalue weighted by Crippen LogP contribution is 2.29. The molecule has 0 amide bonds. The lowest BCUT2D eigenvalue weighted by Crippen LogP contribution is -2.50. The number of rotatable bonds is 3. The number of nitrogens with two attached hydrogens (primary N) is 1. The molecule has 1 saturated heterocycles. The van der Waals surface area contributed by atoms with E-state index in [1.54, 1.807) is 18.5 Å². The van der Waals surface area contributed by atoms with Crippen LogP contribution in [0.1, 0.15) is 0 Å². The number of morpholine rings is 1. The van der Waals surface area contributed by atoms with E-state index < -0.39 is 12.5 Å². The van der Waals surface area contributed by atoms with Crippen LogP contribution in [0.2, 0.25) is 0 Å². The molecule has 0 radical (unpaired) electrons. The summed E-state index contributed by atoms with van der Waals surface area (Å²) in [5.41, 5.74) is 7.36. The Bertz CT molecular complexity index is 899. The zero-order valence-corrected chi connectivity index (χ0v) is 13.2. The van der Waals surface area contributed by atoms with E-state index in [-0.39, 0.29) is 12.4 Å². The van der Waals surface area contributed by atoms with Crippen molar-refractivity contribution in [3.63, 3.8) is 0 Å². The summed E-state index contributed by atoms with van der Waals surface area (Å²) in [4.78, 5) is 17.6. The highest BCUT2D eigenvalue weighted by molar-refractivity contribution is 5.91. The van der Waals surface area contributed by atoms with Gasteiger partial charge in [0.2, 0.25) is 0 Å². The molecule has 1 fully saturated rings. The number of anilines is 2. The molecule has 9 heteroatoms. The third-order valence-corrected chi connectivity index (χ3v) is 4.18. The number of nitrogens with zero attached hydrogens (tertiary/aromatic N) is 4. The van der Waals surface area contributed by atoms with E-state index in [9.17, 15) is 8.78 Å². The Labute approximate surface area is 141 Å². The maximum absolute atomic E-state index is 13.3. The van der Waals surface area contributed by atoms with Crippen LogP contribution < -0.4 is 10.6 Å². The second kappa shape index (κ2) is 6.25. The Morgan fingerprint density at radius 3 is 3.04 bits per heavy atom. The number of nitrogens with one attached hydrogen (secondary N) is 1. The minimum absolute atomic E-state index is 0.0474. The molecule has 0 aromatic carbocycles. The van der Waals surface area contributed by atoms with Gasteiger partial charge < -0.3 is 20.4 Å². The van der Waals surface area contributed by atoms with Crippen molar-refractivity contribution in [1.82, 2.24) is 19.9 Å². The number of pyridine rings is 1. The Kier molecular flexibility index (Phi) is 3.92. The maximum atomic E-state index is 13.3. The molecule has 4 rings (SSSR count). The third-order valence-electron chi connectivity index (χ3n) is 4.18. The van der Waals surface area contributed by atoms with E-state index in [2.05, 4.69) is 19.9 Å². The quantitative estimate of drug-likeness (QED) is 0.754. The smallest absolute Gasteiger partial charge is 0.260 e. The normalized spacial score (nSPS) is 18.2. The van der Waals surface area contributed by atoms with E-state index in [4.69, 9.17) is 10.5 Å². The molecule has 4 heterocycles. The van der Waals surface area contributed by atoms with Crippen molar-refractivity contribution in [3.8, 4) is 11.4 Å². The number of aromatic nitrogens is 4. The van der Waals surface area contributed by atoms with Crippen LogP contribution in [0.5, 0.6) is 0 Å². The van der Waals surface area contributed by atoms with E-state index in [0.717, 1.165) is 10.9 Å². The Balaban J connectivity index is 1.80. The molecular weight excluding hydrogens is 330 g/mol. The summed E-state index contributed by atoms with van der Waals surface area (Å²) in [5.74, 6) is 0.970. The molecule has 0 bridgehead atoms. The van der Waals surface area contributed by atoms with Crippen molar-refractivity contribution in [2.24, 2.45) is 0 Å². The Hall–Kier alpha value is -2.81. The number of alkyl halides is 2. The highest BCUT2D eigenvalue weighted by atomic mass is 19.3. The molecular formula is C16H16F2N6O. The highest BCUT2D eigenvalue weighted by Gasteiger charge is 2.32. The minimum Gasteiger partial charge on any atom is -0.384 e. The van der Waals surface area contributed by atoms with Gasteiger partial charge in [0.15, 0.2) is 5.82 Å². The minimum atomic E-state index is -2.54. The maximum Gasteiger partial charge on any atom is 0.260 e. The van der Waals surface area contributed by atoms with E-state index in [1.807, 2.05) is 6.07 Å². The molecule has 1 unspecified atom stereocenters. The Morgan fingerprint density at radius 2 is 2.20 bits per heavy atom. The molecule has 0 saturated carbocycles. The first-order valence-electron chi connectivity index (χ1n) is 7.83. The number of fused-ring (bicyclic) bond motifs is 1. The molecule has 0 aliphatic carbocycles. The van der Waals surface area contributed by atoms with Crippen LogP contribution in [0.4, 0.5) is 20.4 Å². The fourth-order valence-corrected chi connectivity index (χ4v) is 2.99. The second-order valence-electron chi connectivity index (χ2n) is 5.74. The molecule has 3 N–H and O–H groups in total. The summed E-state index contributed by atoms with van der Waals surface area (Å²) in [5, 5.41) is 0.839. The largest absolute Gasteiger partial charge is 0.384 e. The van der Waals surface area contributed by atoms with E-state index in [0.29, 0.717) is 30.4 Å². The van der Waals surface area contributed by atoms with Crippen LogP contribution in [0, 0.1) is 0 Å². The van der Waals surface area contributed by atoms with Gasteiger partial charge in [-0.2, -0.15) is 0 Å². The average Bonchev–Trinajstić information content (AvgIpc) is 3.10. The monoisotopic (exact) mass is 346 g/mol. The topological polar surface area (TPSA) is 93.0 Å². The fraction of sp³-hybridized carbons (Fsp3) is 0.312. The molecule has 1 aliphatic rings. The molecule has 3 aromatic heterocycles. The predicted octanol–water partition coefficient (Wildman–Crippen LogP) is 2.07. The van der Waals surface area contributed by atoms with Crippen molar-refractivity contribution in [1.29, 1.82) is 0 Å². The number of ether oxygens (including phenoxy) is 1.